The quantitative estimate of drug-likeness (QED) is 0.548. The zero-order chi connectivity index (χ0) is 8.15. The van der Waals surface area contributed by atoms with E-state index in [0.29, 0.717) is 6.16 Å². The molecule has 2 unspecified atom stereocenters. The molecule has 0 aliphatic carbocycles. The summed E-state index contributed by atoms with van der Waals surface area (Å²) in [7, 11) is 2.26. The van der Waals surface area contributed by atoms with Crippen molar-refractivity contribution < 1.29 is 14.7 Å². The van der Waals surface area contributed by atoms with Crippen LogP contribution in [0.15, 0.2) is 0 Å². The van der Waals surface area contributed by atoms with E-state index in [9.17, 15) is 9.59 Å². The highest BCUT2D eigenvalue weighted by Crippen LogP contribution is 1.90. The van der Waals surface area contributed by atoms with Gasteiger partial charge in [-0.2, -0.15) is 0 Å². The van der Waals surface area contributed by atoms with Crippen molar-refractivity contribution >= 4 is 21.1 Å². The monoisotopic (exact) mass is 163 g/mol. The lowest BCUT2D eigenvalue weighted by atomic mass is 10.3. The third kappa shape index (κ3) is 3.41. The molecule has 5 heteroatoms. The summed E-state index contributed by atoms with van der Waals surface area (Å²) >= 11 is 0. The van der Waals surface area contributed by atoms with E-state index in [2.05, 4.69) is 14.6 Å². The van der Waals surface area contributed by atoms with E-state index in [1.165, 1.54) is 6.92 Å². The van der Waals surface area contributed by atoms with Gasteiger partial charge in [-0.25, -0.2) is 4.79 Å². The van der Waals surface area contributed by atoms with Crippen LogP contribution in [-0.2, 0) is 9.59 Å². The number of carboxylic acid groups (broad SMARTS) is 1. The summed E-state index contributed by atoms with van der Waals surface area (Å²) < 4.78 is 0. The molecule has 0 spiro atoms. The number of hydrogen-bond acceptors (Lipinski definition) is 2. The van der Waals surface area contributed by atoms with E-state index in [-0.39, 0.29) is 5.91 Å². The van der Waals surface area contributed by atoms with Crippen molar-refractivity contribution in [1.82, 2.24) is 5.32 Å². The van der Waals surface area contributed by atoms with Crippen LogP contribution in [0.4, 0.5) is 0 Å². The number of nitrogens with one attached hydrogen (secondary N) is 1. The molecule has 0 aromatic carbocycles. The summed E-state index contributed by atoms with van der Waals surface area (Å²) in [5.41, 5.74) is 0. The lowest BCUT2D eigenvalue weighted by Crippen LogP contribution is -2.40. The molecule has 0 saturated heterocycles. The molecule has 58 valence electrons. The van der Waals surface area contributed by atoms with Crippen molar-refractivity contribution in [2.45, 2.75) is 13.0 Å². The number of carboxylic acids is 1. The summed E-state index contributed by atoms with van der Waals surface area (Å²) in [5.74, 6) is -1.33. The Bertz CT molecular complexity index is 148. The normalized spacial score (nSPS) is 12.2. The Morgan fingerprint density at radius 1 is 1.70 bits per heavy atom. The molecule has 1 amide bonds. The number of carbonyl (C=O) groups excluding carboxylic acids is 1. The smallest absolute Gasteiger partial charge is 0.326 e. The fourth-order valence-electron chi connectivity index (χ4n) is 0.467. The van der Waals surface area contributed by atoms with Gasteiger partial charge in [0.1, 0.15) is 6.04 Å². The maximum absolute atomic E-state index is 10.3. The van der Waals surface area contributed by atoms with E-state index < -0.39 is 12.0 Å². The predicted molar refractivity (Wildman–Crippen MR) is 39.8 cm³/mol. The number of rotatable bonds is 3. The van der Waals surface area contributed by atoms with Gasteiger partial charge in [0.15, 0.2) is 0 Å². The third-order valence-electron chi connectivity index (χ3n) is 0.911. The zero-order valence-electron chi connectivity index (χ0n) is 5.63. The summed E-state index contributed by atoms with van der Waals surface area (Å²) in [6, 6.07) is -0.775. The minimum Gasteiger partial charge on any atom is -0.480 e. The molecule has 10 heavy (non-hydrogen) atoms. The van der Waals surface area contributed by atoms with Crippen LogP contribution in [0.1, 0.15) is 6.92 Å². The molecule has 0 aromatic heterocycles. The zero-order valence-corrected chi connectivity index (χ0v) is 6.78. The minimum atomic E-state index is -1.01. The first kappa shape index (κ1) is 9.37. The van der Waals surface area contributed by atoms with Crippen molar-refractivity contribution in [3.63, 3.8) is 0 Å². The van der Waals surface area contributed by atoms with Crippen LogP contribution < -0.4 is 5.32 Å². The van der Waals surface area contributed by atoms with Crippen molar-refractivity contribution in [3.05, 3.63) is 0 Å². The first-order valence-electron chi connectivity index (χ1n) is 2.78. The van der Waals surface area contributed by atoms with E-state index in [0.717, 1.165) is 0 Å². The van der Waals surface area contributed by atoms with Gasteiger partial charge in [-0.05, 0) is 6.16 Å². The second kappa shape index (κ2) is 4.23. The van der Waals surface area contributed by atoms with E-state index in [1.807, 2.05) is 0 Å². The topological polar surface area (TPSA) is 66.4 Å². The van der Waals surface area contributed by atoms with Gasteiger partial charge in [-0.15, -0.1) is 9.24 Å². The fourth-order valence-corrected chi connectivity index (χ4v) is 0.786. The maximum Gasteiger partial charge on any atom is 0.326 e. The van der Waals surface area contributed by atoms with E-state index in [4.69, 9.17) is 5.11 Å². The average Bonchev–Trinajstić information content (AvgIpc) is 1.81. The first-order chi connectivity index (χ1) is 4.57. The molecule has 0 radical (unpaired) electrons. The van der Waals surface area contributed by atoms with Crippen LogP contribution in [0.25, 0.3) is 0 Å². The lowest BCUT2D eigenvalue weighted by molar-refractivity contribution is -0.140. The van der Waals surface area contributed by atoms with Gasteiger partial charge in [-0.1, -0.05) is 0 Å². The van der Waals surface area contributed by atoms with Gasteiger partial charge in [0.05, 0.1) is 0 Å². The number of carbonyl (C=O) groups is 2. The molecular weight excluding hydrogens is 153 g/mol. The van der Waals surface area contributed by atoms with Gasteiger partial charge >= 0.3 is 5.97 Å². The van der Waals surface area contributed by atoms with E-state index in [1.54, 1.807) is 0 Å². The van der Waals surface area contributed by atoms with Gasteiger partial charge in [-0.3, -0.25) is 4.79 Å². The van der Waals surface area contributed by atoms with Crippen LogP contribution in [0, 0.1) is 0 Å². The Balaban J connectivity index is 3.83. The molecule has 0 aliphatic rings. The Labute approximate surface area is 61.2 Å². The van der Waals surface area contributed by atoms with Crippen LogP contribution in [-0.4, -0.2) is 29.2 Å². The third-order valence-corrected chi connectivity index (χ3v) is 1.38. The number of amides is 1. The highest BCUT2D eigenvalue weighted by Gasteiger charge is 2.14. The minimum absolute atomic E-state index is 0.324. The Morgan fingerprint density at radius 3 is 2.30 bits per heavy atom. The molecule has 4 nitrogen and oxygen atoms in total. The van der Waals surface area contributed by atoms with Gasteiger partial charge in [0.2, 0.25) is 5.91 Å². The van der Waals surface area contributed by atoms with Crippen LogP contribution in [0.2, 0.25) is 0 Å². The highest BCUT2D eigenvalue weighted by atomic mass is 31.0. The SMILES string of the molecule is CC(=O)NC(CP)C(=O)O. The van der Waals surface area contributed by atoms with Crippen molar-refractivity contribution in [3.8, 4) is 0 Å². The largest absolute Gasteiger partial charge is 0.480 e. The summed E-state index contributed by atoms with van der Waals surface area (Å²) in [6.45, 7) is 1.29. The molecule has 0 bridgehead atoms. The molecule has 0 aromatic rings. The average molecular weight is 163 g/mol. The number of aliphatic carboxylic acids is 1. The summed E-state index contributed by atoms with van der Waals surface area (Å²) in [6.07, 6.45) is 0.328. The van der Waals surface area contributed by atoms with Gasteiger partial charge < -0.3 is 10.4 Å². The van der Waals surface area contributed by atoms with Gasteiger partial charge in [0, 0.05) is 6.92 Å². The maximum atomic E-state index is 10.3. The molecule has 0 saturated carbocycles. The van der Waals surface area contributed by atoms with Crippen LogP contribution in [0.3, 0.4) is 0 Å². The fraction of sp³-hybridized carbons (Fsp3) is 0.600. The standard InChI is InChI=1S/C5H10NO3P/c1-3(7)6-4(2-10)5(8)9/h4H,2,10H2,1H3,(H,6,7)(H,8,9). The molecule has 0 heterocycles. The van der Waals surface area contributed by atoms with Crippen molar-refractivity contribution in [2.24, 2.45) is 0 Å². The Morgan fingerprint density at radius 2 is 2.20 bits per heavy atom. The molecular formula is C5H10NO3P. The van der Waals surface area contributed by atoms with Crippen LogP contribution in [0.5, 0.6) is 0 Å². The predicted octanol–water partition coefficient (Wildman–Crippen LogP) is -0.549. The first-order valence-corrected chi connectivity index (χ1v) is 3.59. The van der Waals surface area contributed by atoms with Crippen LogP contribution >= 0.6 is 9.24 Å². The Hall–Kier alpha value is -0.630. The molecule has 2 N–H and O–H groups in total. The Kier molecular flexibility index (Phi) is 3.96. The van der Waals surface area contributed by atoms with Crippen molar-refractivity contribution in [1.29, 1.82) is 0 Å². The molecule has 0 aliphatic heterocycles. The van der Waals surface area contributed by atoms with E-state index >= 15 is 0 Å². The van der Waals surface area contributed by atoms with Gasteiger partial charge in [0.25, 0.3) is 0 Å². The lowest BCUT2D eigenvalue weighted by Gasteiger charge is -2.08. The molecule has 2 atom stereocenters. The molecule has 0 rings (SSSR count). The summed E-state index contributed by atoms with van der Waals surface area (Å²) in [5, 5.41) is 10.7. The molecule has 0 fully saturated rings. The van der Waals surface area contributed by atoms with Crippen molar-refractivity contribution in [2.75, 3.05) is 6.16 Å². The second-order valence-corrected chi connectivity index (χ2v) is 2.30. The summed E-state index contributed by atoms with van der Waals surface area (Å²) in [4.78, 5) is 20.6. The highest BCUT2D eigenvalue weighted by molar-refractivity contribution is 7.16. The number of hydrogen-bond donors (Lipinski definition) is 2. The second-order valence-electron chi connectivity index (χ2n) is 1.83.